The van der Waals surface area contributed by atoms with Crippen LogP contribution in [0, 0.1) is 0 Å². The van der Waals surface area contributed by atoms with Crippen LogP contribution in [0.4, 0.5) is 0 Å². The van der Waals surface area contributed by atoms with E-state index in [1.165, 1.54) is 108 Å². The van der Waals surface area contributed by atoms with Crippen molar-refractivity contribution in [1.29, 1.82) is 0 Å². The van der Waals surface area contributed by atoms with Crippen molar-refractivity contribution in [1.82, 2.24) is 0 Å². The van der Waals surface area contributed by atoms with Gasteiger partial charge in [-0.3, -0.25) is 9.59 Å². The van der Waals surface area contributed by atoms with Crippen LogP contribution in [0.1, 0.15) is 134 Å². The molecule has 0 radical (unpaired) electrons. The Morgan fingerprint density at radius 1 is 0.612 bits per heavy atom. The average molecular weight is 681 g/mol. The van der Waals surface area contributed by atoms with Crippen LogP contribution in [0.25, 0.3) is 12.2 Å². The minimum atomic E-state index is -0.959. The van der Waals surface area contributed by atoms with Gasteiger partial charge in [-0.05, 0) is 60.4 Å². The Morgan fingerprint density at radius 3 is 1.47 bits per heavy atom. The SMILES string of the molecule is CCCCCCCCCCOC(OCCCCCCCCCC)Oc1cc(/C=C/C(=O)CC(=O)/C=C/c2ccc(O)c(OC)c2)ccc1O. The molecule has 8 nitrogen and oxygen atoms in total. The van der Waals surface area contributed by atoms with Gasteiger partial charge in [-0.1, -0.05) is 128 Å². The van der Waals surface area contributed by atoms with E-state index in [0.29, 0.717) is 30.1 Å². The molecule has 0 amide bonds. The number of aromatic hydroxyl groups is 2. The molecule has 2 N–H and O–H groups in total. The molecule has 2 rings (SSSR count). The minimum Gasteiger partial charge on any atom is -0.504 e. The molecule has 0 unspecified atom stereocenters. The third-order valence-electron chi connectivity index (χ3n) is 8.19. The lowest BCUT2D eigenvalue weighted by Crippen LogP contribution is -2.25. The number of carbonyl (C=O) groups is 2. The zero-order valence-corrected chi connectivity index (χ0v) is 30.1. The second-order valence-electron chi connectivity index (χ2n) is 12.5. The molecule has 0 fully saturated rings. The molecule has 49 heavy (non-hydrogen) atoms. The van der Waals surface area contributed by atoms with Crippen LogP contribution in [0.3, 0.4) is 0 Å². The summed E-state index contributed by atoms with van der Waals surface area (Å²) in [6, 6.07) is 9.48. The van der Waals surface area contributed by atoms with Gasteiger partial charge in [-0.15, -0.1) is 0 Å². The number of unbranched alkanes of at least 4 members (excludes halogenated alkanes) is 14. The highest BCUT2D eigenvalue weighted by Crippen LogP contribution is 2.29. The summed E-state index contributed by atoms with van der Waals surface area (Å²) < 4.78 is 23.0. The van der Waals surface area contributed by atoms with E-state index in [2.05, 4.69) is 13.8 Å². The summed E-state index contributed by atoms with van der Waals surface area (Å²) >= 11 is 0. The maximum atomic E-state index is 12.5. The lowest BCUT2D eigenvalue weighted by atomic mass is 10.1. The van der Waals surface area contributed by atoms with Crippen molar-refractivity contribution < 1.29 is 38.7 Å². The van der Waals surface area contributed by atoms with Gasteiger partial charge in [-0.25, -0.2) is 0 Å². The van der Waals surface area contributed by atoms with Crippen LogP contribution < -0.4 is 9.47 Å². The Bertz CT molecular complexity index is 1250. The number of rotatable bonds is 29. The quantitative estimate of drug-likeness (QED) is 0.0378. The highest BCUT2D eigenvalue weighted by Gasteiger charge is 2.15. The van der Waals surface area contributed by atoms with E-state index >= 15 is 0 Å². The van der Waals surface area contributed by atoms with E-state index in [1.54, 1.807) is 36.4 Å². The first-order chi connectivity index (χ1) is 23.9. The molecule has 0 aliphatic heterocycles. The molecular formula is C41H60O8. The van der Waals surface area contributed by atoms with Crippen LogP contribution in [0.2, 0.25) is 0 Å². The van der Waals surface area contributed by atoms with Gasteiger partial charge in [0.2, 0.25) is 0 Å². The maximum absolute atomic E-state index is 12.5. The number of phenolic OH excluding ortho intramolecular Hbond substituents is 2. The Balaban J connectivity index is 1.91. The van der Waals surface area contributed by atoms with E-state index in [-0.39, 0.29) is 35.2 Å². The molecule has 0 aliphatic rings. The first-order valence-electron chi connectivity index (χ1n) is 18.4. The van der Waals surface area contributed by atoms with Crippen molar-refractivity contribution in [3.8, 4) is 23.0 Å². The number of carbonyl (C=O) groups excluding carboxylic acids is 2. The van der Waals surface area contributed by atoms with E-state index < -0.39 is 6.48 Å². The van der Waals surface area contributed by atoms with Crippen LogP contribution in [-0.2, 0) is 19.1 Å². The number of phenols is 2. The number of methoxy groups -OCH3 is 1. The molecule has 0 atom stereocenters. The van der Waals surface area contributed by atoms with Crippen LogP contribution in [0.15, 0.2) is 48.6 Å². The number of hydrogen-bond acceptors (Lipinski definition) is 8. The van der Waals surface area contributed by atoms with Crippen LogP contribution >= 0.6 is 0 Å². The predicted molar refractivity (Wildman–Crippen MR) is 197 cm³/mol. The van der Waals surface area contributed by atoms with Gasteiger partial charge in [0.15, 0.2) is 34.6 Å². The van der Waals surface area contributed by atoms with Gasteiger partial charge >= 0.3 is 6.48 Å². The van der Waals surface area contributed by atoms with Crippen LogP contribution in [-0.4, -0.2) is 48.6 Å². The lowest BCUT2D eigenvalue weighted by Gasteiger charge is -2.20. The molecule has 272 valence electrons. The zero-order chi connectivity index (χ0) is 35.5. The summed E-state index contributed by atoms with van der Waals surface area (Å²) in [5.74, 6) is -0.305. The summed E-state index contributed by atoms with van der Waals surface area (Å²) in [4.78, 5) is 24.9. The van der Waals surface area contributed by atoms with Gasteiger partial charge < -0.3 is 29.2 Å². The third-order valence-corrected chi connectivity index (χ3v) is 8.19. The third kappa shape index (κ3) is 19.2. The Morgan fingerprint density at radius 2 is 1.02 bits per heavy atom. The Hall–Kier alpha value is -3.62. The van der Waals surface area contributed by atoms with E-state index in [9.17, 15) is 19.8 Å². The van der Waals surface area contributed by atoms with Crippen molar-refractivity contribution >= 4 is 23.7 Å². The number of hydrogen-bond donors (Lipinski definition) is 2. The molecule has 8 heteroatoms. The van der Waals surface area contributed by atoms with Crippen molar-refractivity contribution in [2.24, 2.45) is 0 Å². The van der Waals surface area contributed by atoms with Gasteiger partial charge in [-0.2, -0.15) is 0 Å². The van der Waals surface area contributed by atoms with Crippen LogP contribution in [0.5, 0.6) is 23.0 Å². The van der Waals surface area contributed by atoms with Crippen molar-refractivity contribution in [3.05, 3.63) is 59.7 Å². The van der Waals surface area contributed by atoms with E-state index in [4.69, 9.17) is 18.9 Å². The maximum Gasteiger partial charge on any atom is 0.316 e. The molecule has 0 spiro atoms. The van der Waals surface area contributed by atoms with Gasteiger partial charge in [0.25, 0.3) is 0 Å². The summed E-state index contributed by atoms with van der Waals surface area (Å²) in [7, 11) is 1.44. The number of benzene rings is 2. The summed E-state index contributed by atoms with van der Waals surface area (Å²) in [6.45, 7) is 4.49. The number of allylic oxidation sites excluding steroid dienone is 2. The highest BCUT2D eigenvalue weighted by atomic mass is 16.8. The Labute approximate surface area is 294 Å². The average Bonchev–Trinajstić information content (AvgIpc) is 3.09. The fourth-order valence-electron chi connectivity index (χ4n) is 5.25. The molecule has 2 aromatic carbocycles. The fraction of sp³-hybridized carbons (Fsp3) is 0.561. The second-order valence-corrected chi connectivity index (χ2v) is 12.5. The molecule has 2 aromatic rings. The number of ether oxygens (including phenoxy) is 4. The molecule has 0 bridgehead atoms. The molecular weight excluding hydrogens is 620 g/mol. The standard InChI is InChI=1S/C41H60O8/c1-4-6-8-10-12-14-16-18-28-47-41(48-29-19-17-15-13-11-9-7-5-2)49-40-31-34(23-27-38(40)45)21-25-36(43)32-35(42)24-20-33-22-26-37(44)39(30-33)46-3/h20-27,30-31,41,44-45H,4-19,28-29,32H2,1-3H3/b24-20+,25-21+. The number of ketones is 2. The largest absolute Gasteiger partial charge is 0.504 e. The van der Waals surface area contributed by atoms with Gasteiger partial charge in [0, 0.05) is 0 Å². The van der Waals surface area contributed by atoms with Crippen molar-refractivity contribution in [3.63, 3.8) is 0 Å². The highest BCUT2D eigenvalue weighted by molar-refractivity contribution is 6.10. The molecule has 0 aliphatic carbocycles. The summed E-state index contributed by atoms with van der Waals surface area (Å²) in [5.41, 5.74) is 1.27. The zero-order valence-electron chi connectivity index (χ0n) is 30.1. The predicted octanol–water partition coefficient (Wildman–Crippen LogP) is 10.3. The Kier molecular flexibility index (Phi) is 22.3. The molecule has 0 saturated heterocycles. The summed E-state index contributed by atoms with van der Waals surface area (Å²) in [6.07, 6.45) is 24.6. The van der Waals surface area contributed by atoms with Crippen molar-refractivity contribution in [2.45, 2.75) is 129 Å². The van der Waals surface area contributed by atoms with E-state index in [1.807, 2.05) is 0 Å². The topological polar surface area (TPSA) is 112 Å². The van der Waals surface area contributed by atoms with Gasteiger partial charge in [0.05, 0.1) is 26.7 Å². The monoisotopic (exact) mass is 680 g/mol. The first kappa shape index (κ1) is 41.6. The van der Waals surface area contributed by atoms with Crippen molar-refractivity contribution in [2.75, 3.05) is 20.3 Å². The van der Waals surface area contributed by atoms with Gasteiger partial charge in [0.1, 0.15) is 0 Å². The molecule has 0 saturated carbocycles. The first-order valence-corrected chi connectivity index (χ1v) is 18.4. The normalized spacial score (nSPS) is 11.6. The summed E-state index contributed by atoms with van der Waals surface area (Å²) in [5, 5.41) is 20.3. The second kappa shape index (κ2) is 26.3. The molecule has 0 heterocycles. The minimum absolute atomic E-state index is 0.00209. The fourth-order valence-corrected chi connectivity index (χ4v) is 5.25. The smallest absolute Gasteiger partial charge is 0.316 e. The molecule has 0 aromatic heterocycles. The lowest BCUT2D eigenvalue weighted by molar-refractivity contribution is -0.248. The van der Waals surface area contributed by atoms with E-state index in [0.717, 1.165) is 25.7 Å².